The van der Waals surface area contributed by atoms with Crippen molar-refractivity contribution >= 4 is 22.8 Å². The maximum absolute atomic E-state index is 5.84. The van der Waals surface area contributed by atoms with Gasteiger partial charge in [0.2, 0.25) is 0 Å². The average Bonchev–Trinajstić information content (AvgIpc) is 2.60. The average molecular weight is 233 g/mol. The first-order valence-electron chi connectivity index (χ1n) is 5.79. The van der Waals surface area contributed by atoms with Gasteiger partial charge in [-0.25, -0.2) is 0 Å². The fourth-order valence-electron chi connectivity index (χ4n) is 1.43. The molecule has 0 aliphatic rings. The maximum atomic E-state index is 5.84. The molecule has 0 aliphatic carbocycles. The SMILES string of the molecule is CC(Nc1nc2c(N)cccc2o1)C(C)(C)C. The molecule has 0 aliphatic heterocycles. The summed E-state index contributed by atoms with van der Waals surface area (Å²) in [5.74, 6) is 0. The van der Waals surface area contributed by atoms with Crippen molar-refractivity contribution in [2.45, 2.75) is 33.7 Å². The third-order valence-electron chi connectivity index (χ3n) is 3.09. The predicted octanol–water partition coefficient (Wildman–Crippen LogP) is 3.26. The summed E-state index contributed by atoms with van der Waals surface area (Å²) in [5, 5.41) is 3.27. The Bertz CT molecular complexity index is 525. The molecule has 1 unspecified atom stereocenters. The summed E-state index contributed by atoms with van der Waals surface area (Å²) in [6.07, 6.45) is 0. The molecule has 0 bridgehead atoms. The topological polar surface area (TPSA) is 64.1 Å². The molecule has 0 amide bonds. The molecule has 2 rings (SSSR count). The van der Waals surface area contributed by atoms with Gasteiger partial charge in [0.1, 0.15) is 5.52 Å². The van der Waals surface area contributed by atoms with Gasteiger partial charge >= 0.3 is 0 Å². The molecular weight excluding hydrogens is 214 g/mol. The number of nitrogens with two attached hydrogens (primary N) is 1. The van der Waals surface area contributed by atoms with E-state index in [2.05, 4.69) is 38.0 Å². The van der Waals surface area contributed by atoms with Crippen LogP contribution < -0.4 is 11.1 Å². The van der Waals surface area contributed by atoms with E-state index in [0.717, 1.165) is 5.52 Å². The minimum atomic E-state index is 0.145. The summed E-state index contributed by atoms with van der Waals surface area (Å²) >= 11 is 0. The molecule has 92 valence electrons. The quantitative estimate of drug-likeness (QED) is 0.781. The predicted molar refractivity (Wildman–Crippen MR) is 71.0 cm³/mol. The van der Waals surface area contributed by atoms with E-state index in [1.807, 2.05) is 18.2 Å². The smallest absolute Gasteiger partial charge is 0.295 e. The summed E-state index contributed by atoms with van der Waals surface area (Å²) in [6, 6.07) is 6.34. The first-order valence-corrected chi connectivity index (χ1v) is 5.79. The number of nitrogen functional groups attached to an aromatic ring is 1. The molecule has 1 atom stereocenters. The van der Waals surface area contributed by atoms with Crippen LogP contribution in [0.2, 0.25) is 0 Å². The number of hydrogen-bond acceptors (Lipinski definition) is 4. The van der Waals surface area contributed by atoms with E-state index in [9.17, 15) is 0 Å². The standard InChI is InChI=1S/C13H19N3O/c1-8(13(2,3)4)15-12-16-11-9(14)6-5-7-10(11)17-12/h5-8H,14H2,1-4H3,(H,15,16). The van der Waals surface area contributed by atoms with Gasteiger partial charge in [0.25, 0.3) is 6.01 Å². The van der Waals surface area contributed by atoms with Crippen LogP contribution in [0.4, 0.5) is 11.7 Å². The Labute approximate surface area is 101 Å². The molecule has 0 saturated carbocycles. The first-order chi connectivity index (χ1) is 7.88. The molecule has 4 heteroatoms. The van der Waals surface area contributed by atoms with Crippen LogP contribution in [-0.4, -0.2) is 11.0 Å². The number of anilines is 2. The number of nitrogens with one attached hydrogen (secondary N) is 1. The minimum absolute atomic E-state index is 0.145. The Morgan fingerprint density at radius 3 is 2.65 bits per heavy atom. The first kappa shape index (κ1) is 11.8. The van der Waals surface area contributed by atoms with Gasteiger partial charge in [0.15, 0.2) is 5.58 Å². The van der Waals surface area contributed by atoms with E-state index in [0.29, 0.717) is 17.3 Å². The molecular formula is C13H19N3O. The van der Waals surface area contributed by atoms with Crippen LogP contribution in [0.5, 0.6) is 0 Å². The summed E-state index contributed by atoms with van der Waals surface area (Å²) in [6.45, 7) is 8.61. The molecule has 0 saturated heterocycles. The van der Waals surface area contributed by atoms with E-state index in [-0.39, 0.29) is 11.5 Å². The van der Waals surface area contributed by atoms with Gasteiger partial charge in [0, 0.05) is 6.04 Å². The number of oxazole rings is 1. The second-order valence-electron chi connectivity index (χ2n) is 5.45. The highest BCUT2D eigenvalue weighted by atomic mass is 16.4. The van der Waals surface area contributed by atoms with Crippen molar-refractivity contribution < 1.29 is 4.42 Å². The van der Waals surface area contributed by atoms with Crippen LogP contribution in [0.1, 0.15) is 27.7 Å². The normalized spacial score (nSPS) is 13.9. The highest BCUT2D eigenvalue weighted by Crippen LogP contribution is 2.27. The Morgan fingerprint density at radius 1 is 1.35 bits per heavy atom. The molecule has 0 fully saturated rings. The van der Waals surface area contributed by atoms with Crippen molar-refractivity contribution in [1.29, 1.82) is 0 Å². The molecule has 1 heterocycles. The minimum Gasteiger partial charge on any atom is -0.423 e. The fraction of sp³-hybridized carbons (Fsp3) is 0.462. The molecule has 1 aromatic carbocycles. The van der Waals surface area contributed by atoms with Crippen LogP contribution >= 0.6 is 0 Å². The largest absolute Gasteiger partial charge is 0.423 e. The van der Waals surface area contributed by atoms with Crippen molar-refractivity contribution in [3.8, 4) is 0 Å². The van der Waals surface area contributed by atoms with Gasteiger partial charge < -0.3 is 15.5 Å². The number of aromatic nitrogens is 1. The third-order valence-corrected chi connectivity index (χ3v) is 3.09. The summed E-state index contributed by atoms with van der Waals surface area (Å²) in [7, 11) is 0. The van der Waals surface area contributed by atoms with Crippen molar-refractivity contribution in [2.75, 3.05) is 11.1 Å². The number of hydrogen-bond donors (Lipinski definition) is 2. The third kappa shape index (κ3) is 2.35. The zero-order chi connectivity index (χ0) is 12.6. The zero-order valence-corrected chi connectivity index (χ0v) is 10.7. The highest BCUT2D eigenvalue weighted by Gasteiger charge is 2.21. The number of fused-ring (bicyclic) bond motifs is 1. The second-order valence-corrected chi connectivity index (χ2v) is 5.45. The van der Waals surface area contributed by atoms with E-state index in [1.54, 1.807) is 0 Å². The van der Waals surface area contributed by atoms with E-state index in [4.69, 9.17) is 10.2 Å². The van der Waals surface area contributed by atoms with Gasteiger partial charge in [-0.05, 0) is 24.5 Å². The summed E-state index contributed by atoms with van der Waals surface area (Å²) in [5.41, 5.74) is 8.06. The van der Waals surface area contributed by atoms with Gasteiger partial charge in [-0.3, -0.25) is 0 Å². The molecule has 0 spiro atoms. The lowest BCUT2D eigenvalue weighted by molar-refractivity contribution is 0.353. The molecule has 2 aromatic rings. The van der Waals surface area contributed by atoms with Crippen LogP contribution in [0.15, 0.2) is 22.6 Å². The molecule has 1 aromatic heterocycles. The molecule has 17 heavy (non-hydrogen) atoms. The number of rotatable bonds is 2. The Morgan fingerprint density at radius 2 is 2.06 bits per heavy atom. The van der Waals surface area contributed by atoms with Gasteiger partial charge in [-0.1, -0.05) is 26.8 Å². The maximum Gasteiger partial charge on any atom is 0.295 e. The summed E-state index contributed by atoms with van der Waals surface area (Å²) in [4.78, 5) is 4.36. The van der Waals surface area contributed by atoms with Crippen molar-refractivity contribution in [2.24, 2.45) is 5.41 Å². The Hall–Kier alpha value is -1.71. The lowest BCUT2D eigenvalue weighted by Gasteiger charge is -2.27. The van der Waals surface area contributed by atoms with Crippen molar-refractivity contribution in [3.63, 3.8) is 0 Å². The Balaban J connectivity index is 2.29. The van der Waals surface area contributed by atoms with Crippen LogP contribution in [-0.2, 0) is 0 Å². The van der Waals surface area contributed by atoms with Crippen LogP contribution in [0.3, 0.4) is 0 Å². The van der Waals surface area contributed by atoms with Crippen LogP contribution in [0.25, 0.3) is 11.1 Å². The second kappa shape index (κ2) is 3.95. The van der Waals surface area contributed by atoms with Crippen molar-refractivity contribution in [1.82, 2.24) is 4.98 Å². The number of para-hydroxylation sites is 1. The lowest BCUT2D eigenvalue weighted by atomic mass is 9.88. The van der Waals surface area contributed by atoms with Gasteiger partial charge in [0.05, 0.1) is 5.69 Å². The monoisotopic (exact) mass is 233 g/mol. The number of benzene rings is 1. The van der Waals surface area contributed by atoms with Gasteiger partial charge in [-0.2, -0.15) is 4.98 Å². The number of nitrogens with zero attached hydrogens (tertiary/aromatic N) is 1. The van der Waals surface area contributed by atoms with Gasteiger partial charge in [-0.15, -0.1) is 0 Å². The Kier molecular flexibility index (Phi) is 2.73. The molecule has 3 N–H and O–H groups in total. The van der Waals surface area contributed by atoms with E-state index < -0.39 is 0 Å². The molecule has 0 radical (unpaired) electrons. The zero-order valence-electron chi connectivity index (χ0n) is 10.7. The summed E-state index contributed by atoms with van der Waals surface area (Å²) < 4.78 is 5.61. The molecule has 4 nitrogen and oxygen atoms in total. The van der Waals surface area contributed by atoms with Crippen LogP contribution in [0, 0.1) is 5.41 Å². The van der Waals surface area contributed by atoms with E-state index in [1.165, 1.54) is 0 Å². The highest BCUT2D eigenvalue weighted by molar-refractivity contribution is 5.86. The van der Waals surface area contributed by atoms with Crippen molar-refractivity contribution in [3.05, 3.63) is 18.2 Å². The van der Waals surface area contributed by atoms with E-state index >= 15 is 0 Å². The fourth-order valence-corrected chi connectivity index (χ4v) is 1.43. The lowest BCUT2D eigenvalue weighted by Crippen LogP contribution is -2.30.